The molecule has 0 saturated heterocycles. The molecule has 3 aromatic rings. The maximum atomic E-state index is 12.2. The van der Waals surface area contributed by atoms with Crippen LogP contribution in [0.3, 0.4) is 0 Å². The summed E-state index contributed by atoms with van der Waals surface area (Å²) in [6.07, 6.45) is 1.40. The summed E-state index contributed by atoms with van der Waals surface area (Å²) in [6.45, 7) is -1.06. The molecule has 1 N–H and O–H groups in total. The third-order valence-electron chi connectivity index (χ3n) is 3.63. The van der Waals surface area contributed by atoms with Crippen LogP contribution < -0.4 is 10.3 Å². The molecule has 0 aliphatic carbocycles. The molecule has 9 nitrogen and oxygen atoms in total. The van der Waals surface area contributed by atoms with Crippen molar-refractivity contribution in [3.63, 3.8) is 0 Å². The second kappa shape index (κ2) is 8.55. The molecular weight excluding hydrogens is 384 g/mol. The van der Waals surface area contributed by atoms with Crippen molar-refractivity contribution in [2.45, 2.75) is 6.73 Å². The summed E-state index contributed by atoms with van der Waals surface area (Å²) in [4.78, 5) is 24.0. The van der Waals surface area contributed by atoms with Gasteiger partial charge in [0, 0.05) is 5.41 Å². The van der Waals surface area contributed by atoms with Gasteiger partial charge in [-0.3, -0.25) is 9.59 Å². The quantitative estimate of drug-likeness (QED) is 0.585. The van der Waals surface area contributed by atoms with E-state index in [4.69, 9.17) is 4.74 Å². The fourth-order valence-corrected chi connectivity index (χ4v) is 2.98. The second-order valence-electron chi connectivity index (χ2n) is 5.64. The van der Waals surface area contributed by atoms with E-state index in [1.54, 1.807) is 48.5 Å². The number of sulfonamides is 1. The highest BCUT2D eigenvalue weighted by Gasteiger charge is 2.11. The number of carbonyl (C=O) groups is 1. The van der Waals surface area contributed by atoms with Gasteiger partial charge >= 0.3 is 5.97 Å². The van der Waals surface area contributed by atoms with Crippen LogP contribution in [0.4, 0.5) is 0 Å². The predicted octanol–water partition coefficient (Wildman–Crippen LogP) is 0.882. The number of ether oxygens (including phenoxy) is 1. The van der Waals surface area contributed by atoms with E-state index in [2.05, 4.69) is 15.0 Å². The number of benzene rings is 2. The van der Waals surface area contributed by atoms with Gasteiger partial charge in [0.05, 0.1) is 5.39 Å². The molecule has 1 heterocycles. The van der Waals surface area contributed by atoms with Crippen molar-refractivity contribution in [1.29, 1.82) is 0 Å². The van der Waals surface area contributed by atoms with Crippen LogP contribution in [0.1, 0.15) is 5.56 Å². The lowest BCUT2D eigenvalue weighted by molar-refractivity contribution is -0.146. The van der Waals surface area contributed by atoms with E-state index in [1.165, 1.54) is 6.08 Å². The van der Waals surface area contributed by atoms with Gasteiger partial charge in [0.2, 0.25) is 10.0 Å². The molecule has 0 atom stereocenters. The molecule has 0 spiro atoms. The number of hydrogen-bond acceptors (Lipinski definition) is 7. The van der Waals surface area contributed by atoms with Crippen LogP contribution in [0.15, 0.2) is 64.8 Å². The zero-order valence-corrected chi connectivity index (χ0v) is 15.4. The van der Waals surface area contributed by atoms with Gasteiger partial charge in [0.25, 0.3) is 5.56 Å². The number of aromatic nitrogens is 3. The molecule has 0 amide bonds. The fourth-order valence-electron chi connectivity index (χ4n) is 2.23. The van der Waals surface area contributed by atoms with Crippen molar-refractivity contribution >= 4 is 33.0 Å². The zero-order valence-electron chi connectivity index (χ0n) is 14.6. The maximum Gasteiger partial charge on any atom is 0.322 e. The molecule has 10 heteroatoms. The molecule has 0 saturated carbocycles. The first-order valence-corrected chi connectivity index (χ1v) is 9.70. The summed E-state index contributed by atoms with van der Waals surface area (Å²) in [7, 11) is -3.82. The molecular formula is C18H16N4O5S. The van der Waals surface area contributed by atoms with Crippen molar-refractivity contribution in [3.8, 4) is 0 Å². The minimum Gasteiger partial charge on any atom is -0.441 e. The molecule has 0 aliphatic rings. The van der Waals surface area contributed by atoms with Gasteiger partial charge < -0.3 is 4.74 Å². The summed E-state index contributed by atoms with van der Waals surface area (Å²) in [5, 5.41) is 8.82. The zero-order chi connectivity index (χ0) is 20.0. The number of nitrogens with zero attached hydrogens (tertiary/aromatic N) is 3. The van der Waals surface area contributed by atoms with Gasteiger partial charge in [-0.1, -0.05) is 47.7 Å². The van der Waals surface area contributed by atoms with Crippen LogP contribution in [0.2, 0.25) is 0 Å². The van der Waals surface area contributed by atoms with Crippen molar-refractivity contribution in [3.05, 3.63) is 75.9 Å². The molecule has 28 heavy (non-hydrogen) atoms. The number of nitrogens with one attached hydrogen (secondary N) is 1. The minimum absolute atomic E-state index is 0.334. The molecule has 3 rings (SSSR count). The van der Waals surface area contributed by atoms with Crippen molar-refractivity contribution in [2.24, 2.45) is 0 Å². The summed E-state index contributed by atoms with van der Waals surface area (Å²) < 4.78 is 31.7. The van der Waals surface area contributed by atoms with Crippen LogP contribution in [-0.2, 0) is 26.3 Å². The summed E-state index contributed by atoms with van der Waals surface area (Å²) >= 11 is 0. The predicted molar refractivity (Wildman–Crippen MR) is 102 cm³/mol. The Labute approximate surface area is 160 Å². The first kappa shape index (κ1) is 19.4. The topological polar surface area (TPSA) is 120 Å². The Hall–Kier alpha value is -3.37. The van der Waals surface area contributed by atoms with Gasteiger partial charge in [-0.25, -0.2) is 13.1 Å². The Bertz CT molecular complexity index is 1170. The standard InChI is InChI=1S/C18H16N4O5S/c23-17(12-19-28(25,26)11-10-14-6-2-1-3-7-14)27-13-22-18(24)15-8-4-5-9-16(15)20-21-22/h1-11,19H,12-13H2/b11-10+. The normalized spacial score (nSPS) is 11.7. The average molecular weight is 400 g/mol. The van der Waals surface area contributed by atoms with Crippen LogP contribution in [-0.4, -0.2) is 35.9 Å². The molecule has 0 fully saturated rings. The van der Waals surface area contributed by atoms with E-state index in [0.29, 0.717) is 16.5 Å². The lowest BCUT2D eigenvalue weighted by Gasteiger charge is -2.07. The third kappa shape index (κ3) is 5.09. The van der Waals surface area contributed by atoms with E-state index >= 15 is 0 Å². The molecule has 1 aromatic heterocycles. The highest BCUT2D eigenvalue weighted by atomic mass is 32.2. The number of hydrogen-bond donors (Lipinski definition) is 1. The Morgan fingerprint density at radius 2 is 1.82 bits per heavy atom. The van der Waals surface area contributed by atoms with Gasteiger partial charge in [0.15, 0.2) is 6.73 Å². The first-order valence-electron chi connectivity index (χ1n) is 8.15. The van der Waals surface area contributed by atoms with Gasteiger partial charge in [0.1, 0.15) is 12.1 Å². The van der Waals surface area contributed by atoms with E-state index in [1.807, 2.05) is 6.07 Å². The minimum atomic E-state index is -3.82. The Morgan fingerprint density at radius 1 is 1.11 bits per heavy atom. The Balaban J connectivity index is 1.55. The van der Waals surface area contributed by atoms with Crippen molar-refractivity contribution < 1.29 is 17.9 Å². The van der Waals surface area contributed by atoms with E-state index in [0.717, 1.165) is 10.1 Å². The smallest absolute Gasteiger partial charge is 0.322 e. The van der Waals surface area contributed by atoms with E-state index in [-0.39, 0.29) is 0 Å². The van der Waals surface area contributed by atoms with Crippen molar-refractivity contribution in [1.82, 2.24) is 19.7 Å². The summed E-state index contributed by atoms with van der Waals surface area (Å²) in [5.74, 6) is -0.862. The number of carbonyl (C=O) groups excluding carboxylic acids is 1. The molecule has 0 bridgehead atoms. The van der Waals surface area contributed by atoms with Gasteiger partial charge in [-0.05, 0) is 23.8 Å². The van der Waals surface area contributed by atoms with E-state index < -0.39 is 34.8 Å². The Kier molecular flexibility index (Phi) is 5.92. The van der Waals surface area contributed by atoms with Crippen LogP contribution >= 0.6 is 0 Å². The summed E-state index contributed by atoms with van der Waals surface area (Å²) in [5.41, 5.74) is 0.655. The van der Waals surface area contributed by atoms with Crippen molar-refractivity contribution in [2.75, 3.05) is 6.54 Å². The number of esters is 1. The Morgan fingerprint density at radius 3 is 2.61 bits per heavy atom. The number of rotatable bonds is 7. The first-order chi connectivity index (χ1) is 13.4. The monoisotopic (exact) mass is 400 g/mol. The fraction of sp³-hybridized carbons (Fsp3) is 0.111. The molecule has 0 aliphatic heterocycles. The summed E-state index contributed by atoms with van der Waals surface area (Å²) in [6, 6.07) is 15.5. The van der Waals surface area contributed by atoms with Crippen LogP contribution in [0.25, 0.3) is 17.0 Å². The van der Waals surface area contributed by atoms with E-state index in [9.17, 15) is 18.0 Å². The second-order valence-corrected chi connectivity index (χ2v) is 7.29. The lowest BCUT2D eigenvalue weighted by Crippen LogP contribution is -2.32. The highest BCUT2D eigenvalue weighted by molar-refractivity contribution is 7.92. The maximum absolute atomic E-state index is 12.2. The van der Waals surface area contributed by atoms with Crippen LogP contribution in [0, 0.1) is 0 Å². The SMILES string of the molecule is O=C(CNS(=O)(=O)/C=C/c1ccccc1)OCn1nnc2ccccc2c1=O. The molecule has 144 valence electrons. The lowest BCUT2D eigenvalue weighted by atomic mass is 10.2. The largest absolute Gasteiger partial charge is 0.441 e. The van der Waals surface area contributed by atoms with Gasteiger partial charge in [-0.15, -0.1) is 5.10 Å². The molecule has 0 radical (unpaired) electrons. The average Bonchev–Trinajstić information content (AvgIpc) is 2.71. The number of fused-ring (bicyclic) bond motifs is 1. The third-order valence-corrected chi connectivity index (χ3v) is 4.68. The van der Waals surface area contributed by atoms with Gasteiger partial charge in [-0.2, -0.15) is 4.68 Å². The molecule has 0 unspecified atom stereocenters. The molecule has 2 aromatic carbocycles. The highest BCUT2D eigenvalue weighted by Crippen LogP contribution is 2.04. The van der Waals surface area contributed by atoms with Crippen LogP contribution in [0.5, 0.6) is 0 Å².